The van der Waals surface area contributed by atoms with E-state index in [4.69, 9.17) is 0 Å². The molecule has 1 unspecified atom stereocenters. The molecule has 2 atom stereocenters. The predicted molar refractivity (Wildman–Crippen MR) is 30.1 cm³/mol. The van der Waals surface area contributed by atoms with Crippen LogP contribution in [0.1, 0.15) is 32.1 Å². The third kappa shape index (κ3) is 0.568. The second-order valence-corrected chi connectivity index (χ2v) is 3.04. The van der Waals surface area contributed by atoms with Crippen molar-refractivity contribution in [3.05, 3.63) is 0 Å². The summed E-state index contributed by atoms with van der Waals surface area (Å²) in [5.74, 6) is 2.41. The lowest BCUT2D eigenvalue weighted by Crippen LogP contribution is -1.91. The first-order chi connectivity index (χ1) is 3.47. The van der Waals surface area contributed by atoms with Crippen LogP contribution in [0.4, 0.5) is 0 Å². The summed E-state index contributed by atoms with van der Waals surface area (Å²) in [4.78, 5) is 0. The molecule has 0 aromatic rings. The average molecular weight is 96.2 g/mol. The monoisotopic (exact) mass is 96.1 g/mol. The first-order valence-corrected chi connectivity index (χ1v) is 3.47. The Labute approximate surface area is 44.9 Å². The van der Waals surface area contributed by atoms with Crippen molar-refractivity contribution in [1.29, 1.82) is 0 Å². The largest absolute Gasteiger partial charge is 0.0530 e. The Hall–Kier alpha value is 0. The smallest absolute Gasteiger partial charge is 0.0383 e. The molecule has 0 amide bonds. The van der Waals surface area contributed by atoms with Gasteiger partial charge < -0.3 is 0 Å². The maximum Gasteiger partial charge on any atom is -0.0383 e. The molecule has 0 heterocycles. The lowest BCUT2D eigenvalue weighted by atomic mass is 10.0. The van der Waals surface area contributed by atoms with Gasteiger partial charge >= 0.3 is 0 Å². The normalized spacial score (nSPS) is 48.0. The zero-order valence-electron chi connectivity index (χ0n) is 4.69. The zero-order chi connectivity index (χ0) is 4.69. The van der Waals surface area contributed by atoms with Crippen molar-refractivity contribution in [3.8, 4) is 0 Å². The average Bonchev–Trinajstić information content (AvgIpc) is 2.41. The van der Waals surface area contributed by atoms with Crippen LogP contribution in [0.15, 0.2) is 0 Å². The SMILES string of the molecule is C1CC[C@@H]2CC2C1. The molecule has 2 fully saturated rings. The molecule has 0 N–H and O–H groups in total. The van der Waals surface area contributed by atoms with Gasteiger partial charge in [-0.3, -0.25) is 0 Å². The number of hydrogen-bond acceptors (Lipinski definition) is 0. The second kappa shape index (κ2) is 1.24. The zero-order valence-corrected chi connectivity index (χ0v) is 4.69. The summed E-state index contributed by atoms with van der Waals surface area (Å²) in [6, 6.07) is 0. The van der Waals surface area contributed by atoms with Crippen LogP contribution < -0.4 is 0 Å². The van der Waals surface area contributed by atoms with Crippen molar-refractivity contribution < 1.29 is 0 Å². The molecule has 0 spiro atoms. The molecule has 0 aliphatic heterocycles. The molecule has 2 saturated carbocycles. The van der Waals surface area contributed by atoms with Gasteiger partial charge in [0.1, 0.15) is 0 Å². The summed E-state index contributed by atoms with van der Waals surface area (Å²) in [5, 5.41) is 0. The predicted octanol–water partition coefficient (Wildman–Crippen LogP) is 2.20. The van der Waals surface area contributed by atoms with Crippen LogP contribution in [-0.2, 0) is 0 Å². The van der Waals surface area contributed by atoms with Crippen molar-refractivity contribution in [2.45, 2.75) is 32.1 Å². The van der Waals surface area contributed by atoms with Gasteiger partial charge in [-0.25, -0.2) is 0 Å². The van der Waals surface area contributed by atoms with E-state index in [1.54, 1.807) is 19.3 Å². The molecule has 0 saturated heterocycles. The Kier molecular flexibility index (Phi) is 0.697. The highest BCUT2D eigenvalue weighted by Crippen LogP contribution is 2.49. The Morgan fingerprint density at radius 1 is 0.857 bits per heavy atom. The summed E-state index contributed by atoms with van der Waals surface area (Å²) in [6.07, 6.45) is 7.76. The van der Waals surface area contributed by atoms with Crippen LogP contribution in [0.5, 0.6) is 0 Å². The van der Waals surface area contributed by atoms with Crippen molar-refractivity contribution in [3.63, 3.8) is 0 Å². The van der Waals surface area contributed by atoms with Crippen molar-refractivity contribution in [2.24, 2.45) is 11.8 Å². The fourth-order valence-corrected chi connectivity index (χ4v) is 1.83. The molecule has 0 nitrogen and oxygen atoms in total. The van der Waals surface area contributed by atoms with E-state index < -0.39 is 0 Å². The molecule has 0 heteroatoms. The lowest BCUT2D eigenvalue weighted by molar-refractivity contribution is 0.480. The summed E-state index contributed by atoms with van der Waals surface area (Å²) in [5.41, 5.74) is 0. The van der Waals surface area contributed by atoms with Gasteiger partial charge in [-0.2, -0.15) is 0 Å². The van der Waals surface area contributed by atoms with E-state index >= 15 is 0 Å². The van der Waals surface area contributed by atoms with Gasteiger partial charge in [-0.1, -0.05) is 25.7 Å². The standard InChI is InChI=1S/C7H12/c1-2-4-7-5-6(7)3-1/h6-7H,1-5H2/t6-,7?/m1/s1. The van der Waals surface area contributed by atoms with Crippen molar-refractivity contribution in [2.75, 3.05) is 0 Å². The molecule has 2 aliphatic rings. The van der Waals surface area contributed by atoms with Gasteiger partial charge in [0, 0.05) is 0 Å². The molecule has 2 rings (SSSR count). The van der Waals surface area contributed by atoms with E-state index in [0.29, 0.717) is 0 Å². The van der Waals surface area contributed by atoms with Gasteiger partial charge in [0.2, 0.25) is 0 Å². The maximum absolute atomic E-state index is 1.58. The van der Waals surface area contributed by atoms with E-state index in [9.17, 15) is 0 Å². The Bertz CT molecular complexity index is 66.1. The molecule has 2 aliphatic carbocycles. The molecular formula is C7H12. The Morgan fingerprint density at radius 3 is 1.86 bits per heavy atom. The topological polar surface area (TPSA) is 0 Å². The van der Waals surface area contributed by atoms with Crippen LogP contribution in [-0.4, -0.2) is 0 Å². The van der Waals surface area contributed by atoms with Crippen LogP contribution in [0, 0.1) is 11.8 Å². The third-order valence-electron chi connectivity index (χ3n) is 2.47. The van der Waals surface area contributed by atoms with E-state index in [2.05, 4.69) is 0 Å². The summed E-state index contributed by atoms with van der Waals surface area (Å²) < 4.78 is 0. The fourth-order valence-electron chi connectivity index (χ4n) is 1.83. The van der Waals surface area contributed by atoms with Crippen molar-refractivity contribution in [1.82, 2.24) is 0 Å². The Balaban J connectivity index is 1.95. The Morgan fingerprint density at radius 2 is 1.43 bits per heavy atom. The molecule has 0 radical (unpaired) electrons. The van der Waals surface area contributed by atoms with Gasteiger partial charge in [-0.15, -0.1) is 0 Å². The number of fused-ring (bicyclic) bond motifs is 1. The van der Waals surface area contributed by atoms with E-state index in [1.807, 2.05) is 0 Å². The van der Waals surface area contributed by atoms with Crippen LogP contribution in [0.3, 0.4) is 0 Å². The van der Waals surface area contributed by atoms with Crippen LogP contribution in [0.25, 0.3) is 0 Å². The molecule has 0 aromatic heterocycles. The third-order valence-corrected chi connectivity index (χ3v) is 2.47. The van der Waals surface area contributed by atoms with Gasteiger partial charge in [0.05, 0.1) is 0 Å². The minimum Gasteiger partial charge on any atom is -0.0530 e. The van der Waals surface area contributed by atoms with E-state index in [-0.39, 0.29) is 0 Å². The maximum atomic E-state index is 1.58. The second-order valence-electron chi connectivity index (χ2n) is 3.04. The van der Waals surface area contributed by atoms with Crippen LogP contribution >= 0.6 is 0 Å². The van der Waals surface area contributed by atoms with E-state index in [0.717, 1.165) is 0 Å². The molecule has 40 valence electrons. The first kappa shape index (κ1) is 3.94. The van der Waals surface area contributed by atoms with Crippen LogP contribution in [0.2, 0.25) is 0 Å². The molecule has 0 bridgehead atoms. The quantitative estimate of drug-likeness (QED) is 0.433. The number of hydrogen-bond donors (Lipinski definition) is 0. The van der Waals surface area contributed by atoms with Gasteiger partial charge in [0.15, 0.2) is 0 Å². The minimum atomic E-state index is 1.20. The van der Waals surface area contributed by atoms with Gasteiger partial charge in [0.25, 0.3) is 0 Å². The summed E-state index contributed by atoms with van der Waals surface area (Å²) >= 11 is 0. The highest BCUT2D eigenvalue weighted by Gasteiger charge is 2.37. The molecular weight excluding hydrogens is 84.1 g/mol. The first-order valence-electron chi connectivity index (χ1n) is 3.47. The lowest BCUT2D eigenvalue weighted by Gasteiger charge is -2.05. The number of rotatable bonds is 0. The van der Waals surface area contributed by atoms with E-state index in [1.165, 1.54) is 24.7 Å². The van der Waals surface area contributed by atoms with Crippen molar-refractivity contribution >= 4 is 0 Å². The minimum absolute atomic E-state index is 1.20. The summed E-state index contributed by atoms with van der Waals surface area (Å²) in [6.45, 7) is 0. The molecule has 7 heavy (non-hydrogen) atoms. The highest BCUT2D eigenvalue weighted by atomic mass is 14.4. The highest BCUT2D eigenvalue weighted by molar-refractivity contribution is 4.88. The summed E-state index contributed by atoms with van der Waals surface area (Å²) in [7, 11) is 0. The molecule has 0 aromatic carbocycles. The van der Waals surface area contributed by atoms with Gasteiger partial charge in [-0.05, 0) is 18.3 Å². The fraction of sp³-hybridized carbons (Fsp3) is 1.00.